The van der Waals surface area contributed by atoms with Crippen LogP contribution in [-0.2, 0) is 5.75 Å². The number of fused-ring (bicyclic) bond motifs is 1. The molecule has 0 saturated heterocycles. The van der Waals surface area contributed by atoms with Crippen molar-refractivity contribution in [2.75, 3.05) is 0 Å². The lowest BCUT2D eigenvalue weighted by Gasteiger charge is -2.00. The lowest BCUT2D eigenvalue weighted by atomic mass is 10.2. The van der Waals surface area contributed by atoms with Gasteiger partial charge >= 0.3 is 0 Å². The van der Waals surface area contributed by atoms with Crippen LogP contribution >= 0.6 is 34.4 Å². The highest BCUT2D eigenvalue weighted by atomic mass is 32.2. The summed E-state index contributed by atoms with van der Waals surface area (Å²) in [6.07, 6.45) is 1.64. The molecule has 6 heteroatoms. The molecule has 0 atom stereocenters. The van der Waals surface area contributed by atoms with Crippen LogP contribution in [0.15, 0.2) is 58.5 Å². The van der Waals surface area contributed by atoms with Crippen molar-refractivity contribution in [3.8, 4) is 10.6 Å². The van der Waals surface area contributed by atoms with Crippen LogP contribution in [0.4, 0.5) is 0 Å². The van der Waals surface area contributed by atoms with Gasteiger partial charge in [0, 0.05) is 22.1 Å². The second kappa shape index (κ2) is 6.16. The first kappa shape index (κ1) is 13.9. The number of hydrogen-bond donors (Lipinski definition) is 0. The minimum absolute atomic E-state index is 0.825. The van der Waals surface area contributed by atoms with Crippen LogP contribution in [0.25, 0.3) is 20.8 Å². The van der Waals surface area contributed by atoms with Gasteiger partial charge in [-0.25, -0.2) is 15.0 Å². The molecule has 108 valence electrons. The van der Waals surface area contributed by atoms with Crippen molar-refractivity contribution in [3.05, 3.63) is 59.2 Å². The second-order valence-corrected chi connectivity index (χ2v) is 7.33. The minimum Gasteiger partial charge on any atom is -0.240 e. The van der Waals surface area contributed by atoms with Crippen molar-refractivity contribution in [3.63, 3.8) is 0 Å². The van der Waals surface area contributed by atoms with E-state index < -0.39 is 0 Å². The molecule has 3 heterocycles. The highest BCUT2D eigenvalue weighted by Gasteiger charge is 2.08. The molecule has 0 aliphatic carbocycles. The van der Waals surface area contributed by atoms with Crippen molar-refractivity contribution >= 4 is 44.7 Å². The molecule has 0 bridgehead atoms. The van der Waals surface area contributed by atoms with Crippen molar-refractivity contribution < 1.29 is 0 Å². The molecule has 0 saturated carbocycles. The largest absolute Gasteiger partial charge is 0.240 e. The van der Waals surface area contributed by atoms with E-state index in [9.17, 15) is 0 Å². The Balaban J connectivity index is 1.53. The summed E-state index contributed by atoms with van der Waals surface area (Å²) in [4.78, 5) is 14.4. The maximum Gasteiger partial charge on any atom is 0.127 e. The van der Waals surface area contributed by atoms with Gasteiger partial charge in [-0.1, -0.05) is 42.1 Å². The third-order valence-electron chi connectivity index (χ3n) is 3.15. The monoisotopic (exact) mass is 341 g/mol. The summed E-state index contributed by atoms with van der Waals surface area (Å²) in [5.41, 5.74) is 2.27. The van der Waals surface area contributed by atoms with E-state index in [1.807, 2.05) is 18.2 Å². The van der Waals surface area contributed by atoms with Crippen LogP contribution in [0.1, 0.15) is 5.69 Å². The topological polar surface area (TPSA) is 38.7 Å². The highest BCUT2D eigenvalue weighted by Crippen LogP contribution is 2.31. The lowest BCUT2D eigenvalue weighted by Crippen LogP contribution is -1.86. The molecule has 0 aliphatic heterocycles. The molecular weight excluding hydrogens is 330 g/mol. The van der Waals surface area contributed by atoms with Crippen LogP contribution in [0.3, 0.4) is 0 Å². The van der Waals surface area contributed by atoms with Crippen LogP contribution in [0.5, 0.6) is 0 Å². The molecule has 0 spiro atoms. The lowest BCUT2D eigenvalue weighted by molar-refractivity contribution is 1.10. The molecule has 4 aromatic rings. The molecule has 0 amide bonds. The smallest absolute Gasteiger partial charge is 0.127 e. The van der Waals surface area contributed by atoms with Gasteiger partial charge in [-0.05, 0) is 11.4 Å². The Hall–Kier alpha value is -1.76. The number of benzene rings is 1. The Labute approximate surface area is 140 Å². The van der Waals surface area contributed by atoms with Crippen LogP contribution in [0, 0.1) is 0 Å². The first-order valence-electron chi connectivity index (χ1n) is 6.71. The minimum atomic E-state index is 0.825. The summed E-state index contributed by atoms with van der Waals surface area (Å²) < 4.78 is 0. The summed E-state index contributed by atoms with van der Waals surface area (Å²) in [7, 11) is 0. The SMILES string of the molecule is c1ccc(-c2nc(CSc3ncnc4sccc34)cs2)cc1. The Kier molecular flexibility index (Phi) is 3.88. The number of thiazole rings is 1. The standard InChI is InChI=1S/C16H11N3S3/c1-2-4-11(5-3-1)14-19-12(8-21-14)9-22-16-13-6-7-20-15(13)17-10-18-16/h1-8,10H,9H2. The van der Waals surface area contributed by atoms with Crippen LogP contribution < -0.4 is 0 Å². The maximum atomic E-state index is 4.72. The number of hydrogen-bond acceptors (Lipinski definition) is 6. The molecule has 3 aromatic heterocycles. The number of aromatic nitrogens is 3. The Morgan fingerprint density at radius 1 is 1.00 bits per heavy atom. The van der Waals surface area contributed by atoms with Gasteiger partial charge in [0.05, 0.1) is 5.69 Å². The van der Waals surface area contributed by atoms with Gasteiger partial charge in [0.2, 0.25) is 0 Å². The predicted octanol–water partition coefficient (Wildman–Crippen LogP) is 5.11. The fourth-order valence-electron chi connectivity index (χ4n) is 2.11. The van der Waals surface area contributed by atoms with Crippen molar-refractivity contribution in [2.24, 2.45) is 0 Å². The van der Waals surface area contributed by atoms with Gasteiger partial charge in [-0.15, -0.1) is 22.7 Å². The Bertz CT molecular complexity index is 899. The molecule has 0 unspecified atom stereocenters. The van der Waals surface area contributed by atoms with Crippen molar-refractivity contribution in [1.82, 2.24) is 15.0 Å². The van der Waals surface area contributed by atoms with Gasteiger partial charge in [-0.3, -0.25) is 0 Å². The summed E-state index contributed by atoms with van der Waals surface area (Å²) in [5.74, 6) is 0.825. The van der Waals surface area contributed by atoms with E-state index in [1.165, 1.54) is 5.56 Å². The molecule has 0 aliphatic rings. The summed E-state index contributed by atoms with van der Waals surface area (Å²) in [6.45, 7) is 0. The fraction of sp³-hybridized carbons (Fsp3) is 0.0625. The van der Waals surface area contributed by atoms with E-state index in [0.29, 0.717) is 0 Å². The molecular formula is C16H11N3S3. The van der Waals surface area contributed by atoms with Crippen molar-refractivity contribution in [2.45, 2.75) is 10.8 Å². The zero-order valence-electron chi connectivity index (χ0n) is 11.5. The molecule has 0 fully saturated rings. The normalized spacial score (nSPS) is 11.1. The van der Waals surface area contributed by atoms with E-state index in [0.717, 1.165) is 31.7 Å². The highest BCUT2D eigenvalue weighted by molar-refractivity contribution is 7.98. The van der Waals surface area contributed by atoms with E-state index in [2.05, 4.69) is 38.9 Å². The zero-order chi connectivity index (χ0) is 14.8. The van der Waals surface area contributed by atoms with Gasteiger partial charge < -0.3 is 0 Å². The first-order valence-corrected chi connectivity index (χ1v) is 9.45. The number of thioether (sulfide) groups is 1. The zero-order valence-corrected chi connectivity index (χ0v) is 13.9. The fourth-order valence-corrected chi connectivity index (χ4v) is 4.71. The third-order valence-corrected chi connectivity index (χ3v) is 5.95. The van der Waals surface area contributed by atoms with Crippen LogP contribution in [0.2, 0.25) is 0 Å². The van der Waals surface area contributed by atoms with Crippen molar-refractivity contribution in [1.29, 1.82) is 0 Å². The van der Waals surface area contributed by atoms with E-state index >= 15 is 0 Å². The van der Waals surface area contributed by atoms with E-state index in [-0.39, 0.29) is 0 Å². The van der Waals surface area contributed by atoms with Gasteiger partial charge in [-0.2, -0.15) is 0 Å². The molecule has 4 rings (SSSR count). The van der Waals surface area contributed by atoms with Gasteiger partial charge in [0.25, 0.3) is 0 Å². The summed E-state index contributed by atoms with van der Waals surface area (Å²) >= 11 is 5.05. The molecule has 1 aromatic carbocycles. The van der Waals surface area contributed by atoms with Crippen LogP contribution in [-0.4, -0.2) is 15.0 Å². The molecule has 22 heavy (non-hydrogen) atoms. The number of nitrogens with zero attached hydrogens (tertiary/aromatic N) is 3. The summed E-state index contributed by atoms with van der Waals surface area (Å²) in [6, 6.07) is 12.4. The number of rotatable bonds is 4. The molecule has 0 N–H and O–H groups in total. The second-order valence-electron chi connectivity index (χ2n) is 4.62. The quantitative estimate of drug-likeness (QED) is 0.382. The third kappa shape index (κ3) is 2.77. The Morgan fingerprint density at radius 3 is 2.82 bits per heavy atom. The number of thiophene rings is 1. The Morgan fingerprint density at radius 2 is 1.91 bits per heavy atom. The molecule has 0 radical (unpaired) electrons. The predicted molar refractivity (Wildman–Crippen MR) is 94.5 cm³/mol. The first-order chi connectivity index (χ1) is 10.9. The maximum absolute atomic E-state index is 4.72. The average molecular weight is 341 g/mol. The van der Waals surface area contributed by atoms with E-state index in [1.54, 1.807) is 40.8 Å². The molecule has 3 nitrogen and oxygen atoms in total. The average Bonchev–Trinajstić information content (AvgIpc) is 3.23. The van der Waals surface area contributed by atoms with Gasteiger partial charge in [0.1, 0.15) is 21.2 Å². The van der Waals surface area contributed by atoms with E-state index in [4.69, 9.17) is 4.98 Å². The van der Waals surface area contributed by atoms with Gasteiger partial charge in [0.15, 0.2) is 0 Å². The summed E-state index contributed by atoms with van der Waals surface area (Å²) in [5, 5.41) is 7.41.